The molecule has 1 N–H and O–H groups in total. The zero-order chi connectivity index (χ0) is 12.1. The summed E-state index contributed by atoms with van der Waals surface area (Å²) < 4.78 is 33.9. The molecule has 0 saturated carbocycles. The molecule has 0 saturated heterocycles. The van der Waals surface area contributed by atoms with Crippen LogP contribution in [0.1, 0.15) is 18.6 Å². The van der Waals surface area contributed by atoms with E-state index in [-0.39, 0.29) is 5.75 Å². The van der Waals surface area contributed by atoms with E-state index in [1.807, 2.05) is 0 Å². The Labute approximate surface area is 92.6 Å². The van der Waals surface area contributed by atoms with Crippen molar-refractivity contribution in [2.75, 3.05) is 13.7 Å². The molecular formula is C11H14F2O3. The molecule has 1 rings (SSSR count). The lowest BCUT2D eigenvalue weighted by molar-refractivity contribution is 0.0793. The van der Waals surface area contributed by atoms with Crippen molar-refractivity contribution in [2.45, 2.75) is 19.5 Å². The van der Waals surface area contributed by atoms with Crippen molar-refractivity contribution in [3.05, 3.63) is 23.8 Å². The highest BCUT2D eigenvalue weighted by Gasteiger charge is 2.12. The van der Waals surface area contributed by atoms with Gasteiger partial charge in [0, 0.05) is 11.6 Å². The van der Waals surface area contributed by atoms with Crippen LogP contribution in [-0.4, -0.2) is 25.2 Å². The van der Waals surface area contributed by atoms with Gasteiger partial charge in [-0.05, 0) is 19.1 Å². The first-order valence-electron chi connectivity index (χ1n) is 4.81. The van der Waals surface area contributed by atoms with Crippen LogP contribution in [0.4, 0.5) is 8.78 Å². The van der Waals surface area contributed by atoms with Crippen LogP contribution in [0, 0.1) is 0 Å². The van der Waals surface area contributed by atoms with Gasteiger partial charge in [-0.1, -0.05) is 0 Å². The lowest BCUT2D eigenvalue weighted by atomic mass is 10.1. The highest BCUT2D eigenvalue weighted by atomic mass is 19.3. The summed E-state index contributed by atoms with van der Waals surface area (Å²) in [4.78, 5) is 0. The number of methoxy groups -OCH3 is 1. The highest BCUT2D eigenvalue weighted by molar-refractivity contribution is 5.41. The van der Waals surface area contributed by atoms with E-state index in [4.69, 9.17) is 9.47 Å². The Morgan fingerprint density at radius 2 is 2.06 bits per heavy atom. The second kappa shape index (κ2) is 5.65. The van der Waals surface area contributed by atoms with Gasteiger partial charge in [-0.25, -0.2) is 8.78 Å². The fraction of sp³-hybridized carbons (Fsp3) is 0.455. The molecule has 5 heteroatoms. The van der Waals surface area contributed by atoms with E-state index in [2.05, 4.69) is 0 Å². The third-order valence-corrected chi connectivity index (χ3v) is 2.04. The number of hydrogen-bond acceptors (Lipinski definition) is 3. The fourth-order valence-electron chi connectivity index (χ4n) is 1.26. The summed E-state index contributed by atoms with van der Waals surface area (Å²) in [6.45, 7) is 0.837. The predicted molar refractivity (Wildman–Crippen MR) is 55.1 cm³/mol. The maximum atomic E-state index is 12.0. The lowest BCUT2D eigenvalue weighted by Gasteiger charge is -2.14. The quantitative estimate of drug-likeness (QED) is 0.847. The summed E-state index contributed by atoms with van der Waals surface area (Å²) in [7, 11) is 1.47. The van der Waals surface area contributed by atoms with E-state index in [0.29, 0.717) is 11.3 Å². The van der Waals surface area contributed by atoms with Crippen molar-refractivity contribution < 1.29 is 23.4 Å². The van der Waals surface area contributed by atoms with Crippen molar-refractivity contribution >= 4 is 0 Å². The zero-order valence-electron chi connectivity index (χ0n) is 9.11. The Balaban J connectivity index is 2.91. The summed E-state index contributed by atoms with van der Waals surface area (Å²) in [5, 5.41) is 9.43. The monoisotopic (exact) mass is 232 g/mol. The minimum atomic E-state index is -2.55. The SMILES string of the molecule is COc1ccc(C(C)O)c(OCC(F)F)c1. The highest BCUT2D eigenvalue weighted by Crippen LogP contribution is 2.29. The van der Waals surface area contributed by atoms with Crippen LogP contribution in [0.2, 0.25) is 0 Å². The van der Waals surface area contributed by atoms with Crippen LogP contribution in [0.15, 0.2) is 18.2 Å². The van der Waals surface area contributed by atoms with Gasteiger partial charge in [-0.3, -0.25) is 0 Å². The van der Waals surface area contributed by atoms with E-state index in [1.54, 1.807) is 12.1 Å². The van der Waals surface area contributed by atoms with Gasteiger partial charge in [0.15, 0.2) is 0 Å². The molecular weight excluding hydrogens is 218 g/mol. The smallest absolute Gasteiger partial charge is 0.272 e. The van der Waals surface area contributed by atoms with E-state index >= 15 is 0 Å². The van der Waals surface area contributed by atoms with Gasteiger partial charge in [-0.15, -0.1) is 0 Å². The Kier molecular flexibility index (Phi) is 4.49. The van der Waals surface area contributed by atoms with Gasteiger partial charge in [-0.2, -0.15) is 0 Å². The Bertz CT molecular complexity index is 340. The second-order valence-electron chi connectivity index (χ2n) is 3.28. The summed E-state index contributed by atoms with van der Waals surface area (Å²) in [6, 6.07) is 4.70. The number of alkyl halides is 2. The first kappa shape index (κ1) is 12.7. The van der Waals surface area contributed by atoms with E-state index in [0.717, 1.165) is 0 Å². The van der Waals surface area contributed by atoms with Gasteiger partial charge < -0.3 is 14.6 Å². The van der Waals surface area contributed by atoms with E-state index in [1.165, 1.54) is 20.1 Å². The number of aliphatic hydroxyl groups excluding tert-OH is 1. The van der Waals surface area contributed by atoms with Crippen molar-refractivity contribution in [3.63, 3.8) is 0 Å². The van der Waals surface area contributed by atoms with Crippen molar-refractivity contribution in [1.29, 1.82) is 0 Å². The van der Waals surface area contributed by atoms with Gasteiger partial charge in [0.1, 0.15) is 18.1 Å². The van der Waals surface area contributed by atoms with Crippen molar-refractivity contribution in [3.8, 4) is 11.5 Å². The maximum Gasteiger partial charge on any atom is 0.272 e. The minimum absolute atomic E-state index is 0.217. The van der Waals surface area contributed by atoms with Crippen LogP contribution in [0.3, 0.4) is 0 Å². The van der Waals surface area contributed by atoms with Gasteiger partial charge in [0.05, 0.1) is 13.2 Å². The Hall–Kier alpha value is -1.36. The van der Waals surface area contributed by atoms with Crippen LogP contribution in [0.25, 0.3) is 0 Å². The molecule has 1 aromatic carbocycles. The average Bonchev–Trinajstić information content (AvgIpc) is 2.25. The standard InChI is InChI=1S/C11H14F2O3/c1-7(14)9-4-3-8(15-2)5-10(9)16-6-11(12)13/h3-5,7,11,14H,6H2,1-2H3. The minimum Gasteiger partial charge on any atom is -0.497 e. The number of rotatable bonds is 5. The van der Waals surface area contributed by atoms with Crippen LogP contribution >= 0.6 is 0 Å². The molecule has 1 unspecified atom stereocenters. The Morgan fingerprint density at radius 1 is 1.38 bits per heavy atom. The molecule has 0 fully saturated rings. The number of halogens is 2. The molecule has 1 aromatic rings. The number of hydrogen-bond donors (Lipinski definition) is 1. The fourth-order valence-corrected chi connectivity index (χ4v) is 1.26. The van der Waals surface area contributed by atoms with Gasteiger partial charge >= 0.3 is 0 Å². The second-order valence-corrected chi connectivity index (χ2v) is 3.28. The zero-order valence-corrected chi connectivity index (χ0v) is 9.11. The molecule has 0 radical (unpaired) electrons. The third kappa shape index (κ3) is 3.34. The lowest BCUT2D eigenvalue weighted by Crippen LogP contribution is -2.09. The third-order valence-electron chi connectivity index (χ3n) is 2.04. The van der Waals surface area contributed by atoms with Crippen LogP contribution < -0.4 is 9.47 Å². The molecule has 0 heterocycles. The van der Waals surface area contributed by atoms with E-state index in [9.17, 15) is 13.9 Å². The summed E-state index contributed by atoms with van der Waals surface area (Å²) in [5.41, 5.74) is 0.460. The van der Waals surface area contributed by atoms with Crippen LogP contribution in [0.5, 0.6) is 11.5 Å². The summed E-state index contributed by atoms with van der Waals surface area (Å²) >= 11 is 0. The molecule has 1 atom stereocenters. The Morgan fingerprint density at radius 3 is 2.56 bits per heavy atom. The molecule has 0 aliphatic rings. The molecule has 0 aliphatic carbocycles. The molecule has 0 amide bonds. The first-order chi connectivity index (χ1) is 7.54. The average molecular weight is 232 g/mol. The molecule has 0 bridgehead atoms. The van der Waals surface area contributed by atoms with Gasteiger partial charge in [0.2, 0.25) is 0 Å². The number of benzene rings is 1. The largest absolute Gasteiger partial charge is 0.497 e. The molecule has 0 aliphatic heterocycles. The van der Waals surface area contributed by atoms with Crippen molar-refractivity contribution in [2.24, 2.45) is 0 Å². The molecule has 90 valence electrons. The van der Waals surface area contributed by atoms with Crippen molar-refractivity contribution in [1.82, 2.24) is 0 Å². The van der Waals surface area contributed by atoms with Crippen LogP contribution in [-0.2, 0) is 0 Å². The molecule has 0 spiro atoms. The molecule has 3 nitrogen and oxygen atoms in total. The molecule has 16 heavy (non-hydrogen) atoms. The number of ether oxygens (including phenoxy) is 2. The number of aliphatic hydroxyl groups is 1. The van der Waals surface area contributed by atoms with Gasteiger partial charge in [0.25, 0.3) is 6.43 Å². The predicted octanol–water partition coefficient (Wildman–Crippen LogP) is 2.39. The summed E-state index contributed by atoms with van der Waals surface area (Å²) in [6.07, 6.45) is -3.33. The maximum absolute atomic E-state index is 12.0. The first-order valence-corrected chi connectivity index (χ1v) is 4.81. The summed E-state index contributed by atoms with van der Waals surface area (Å²) in [5.74, 6) is 0.711. The van der Waals surface area contributed by atoms with E-state index < -0.39 is 19.1 Å². The normalized spacial score (nSPS) is 12.6. The topological polar surface area (TPSA) is 38.7 Å². The molecule has 0 aromatic heterocycles.